The Balaban J connectivity index is 2.17. The third-order valence-electron chi connectivity index (χ3n) is 3.53. The molecule has 0 saturated carbocycles. The molecule has 0 bridgehead atoms. The molecule has 1 aromatic rings. The van der Waals surface area contributed by atoms with Gasteiger partial charge in [-0.1, -0.05) is 24.9 Å². The normalized spacial score (nSPS) is 22.5. The molecular weight excluding hydrogens is 267 g/mol. The number of benzene rings is 1. The van der Waals surface area contributed by atoms with Crippen molar-refractivity contribution in [3.05, 3.63) is 29.0 Å². The summed E-state index contributed by atoms with van der Waals surface area (Å²) in [5.74, 6) is -0.539. The van der Waals surface area contributed by atoms with Crippen LogP contribution in [-0.4, -0.2) is 18.0 Å². The minimum Gasteiger partial charge on any atom is -0.323 e. The Kier molecular flexibility index (Phi) is 4.42. The average Bonchev–Trinajstić information content (AvgIpc) is 2.84. The van der Waals surface area contributed by atoms with Crippen LogP contribution < -0.4 is 10.6 Å². The molecule has 1 unspecified atom stereocenters. The van der Waals surface area contributed by atoms with Crippen molar-refractivity contribution < 1.29 is 9.18 Å². The second-order valence-corrected chi connectivity index (χ2v) is 5.35. The molecule has 1 aliphatic rings. The first-order valence-corrected chi connectivity index (χ1v) is 6.97. The van der Waals surface area contributed by atoms with E-state index in [0.717, 1.165) is 32.2 Å². The van der Waals surface area contributed by atoms with E-state index < -0.39 is 11.4 Å². The van der Waals surface area contributed by atoms with E-state index in [2.05, 4.69) is 10.6 Å². The minimum atomic E-state index is -0.537. The second kappa shape index (κ2) is 5.88. The Morgan fingerprint density at radius 3 is 3.00 bits per heavy atom. The standard InChI is InChI=1S/C14H18ClFN2O/c1-2-6-14(7-3-8-17-14)13(19)18-12-9-10(16)4-5-11(12)15/h4-5,9,17H,2-3,6-8H2,1H3,(H,18,19). The molecule has 104 valence electrons. The van der Waals surface area contributed by atoms with Gasteiger partial charge in [0.2, 0.25) is 5.91 Å². The fraction of sp³-hybridized carbons (Fsp3) is 0.500. The first kappa shape index (κ1) is 14.3. The van der Waals surface area contributed by atoms with Gasteiger partial charge >= 0.3 is 0 Å². The number of hydrogen-bond acceptors (Lipinski definition) is 2. The van der Waals surface area contributed by atoms with Crippen molar-refractivity contribution >= 4 is 23.2 Å². The lowest BCUT2D eigenvalue weighted by Crippen LogP contribution is -2.50. The van der Waals surface area contributed by atoms with Gasteiger partial charge in [0, 0.05) is 0 Å². The van der Waals surface area contributed by atoms with Crippen molar-refractivity contribution in [1.82, 2.24) is 5.32 Å². The lowest BCUT2D eigenvalue weighted by Gasteiger charge is -2.28. The van der Waals surface area contributed by atoms with E-state index in [1.165, 1.54) is 18.2 Å². The van der Waals surface area contributed by atoms with E-state index >= 15 is 0 Å². The highest BCUT2D eigenvalue weighted by atomic mass is 35.5. The number of amides is 1. The Bertz CT molecular complexity index is 473. The fourth-order valence-corrected chi connectivity index (χ4v) is 2.75. The maximum absolute atomic E-state index is 13.2. The van der Waals surface area contributed by atoms with Crippen molar-refractivity contribution in [2.45, 2.75) is 38.1 Å². The SMILES string of the molecule is CCCC1(C(=O)Nc2cc(F)ccc2Cl)CCCN1. The van der Waals surface area contributed by atoms with E-state index in [-0.39, 0.29) is 5.91 Å². The molecule has 1 atom stereocenters. The molecule has 2 rings (SSSR count). The van der Waals surface area contributed by atoms with E-state index in [9.17, 15) is 9.18 Å². The van der Waals surface area contributed by atoms with Crippen LogP contribution in [0.3, 0.4) is 0 Å². The molecule has 1 amide bonds. The van der Waals surface area contributed by atoms with Crippen molar-refractivity contribution in [3.63, 3.8) is 0 Å². The molecule has 2 N–H and O–H groups in total. The van der Waals surface area contributed by atoms with Crippen molar-refractivity contribution in [2.75, 3.05) is 11.9 Å². The molecular formula is C14H18ClFN2O. The van der Waals surface area contributed by atoms with Gasteiger partial charge in [-0.3, -0.25) is 4.79 Å². The number of hydrogen-bond donors (Lipinski definition) is 2. The van der Waals surface area contributed by atoms with Crippen LogP contribution in [0.15, 0.2) is 18.2 Å². The molecule has 1 aromatic carbocycles. The van der Waals surface area contributed by atoms with Gasteiger partial charge < -0.3 is 10.6 Å². The highest BCUT2D eigenvalue weighted by Crippen LogP contribution is 2.29. The molecule has 5 heteroatoms. The molecule has 0 spiro atoms. The average molecular weight is 285 g/mol. The third kappa shape index (κ3) is 3.07. The van der Waals surface area contributed by atoms with E-state index in [1.807, 2.05) is 6.92 Å². The molecule has 3 nitrogen and oxygen atoms in total. The quantitative estimate of drug-likeness (QED) is 0.890. The molecule has 0 radical (unpaired) electrons. The third-order valence-corrected chi connectivity index (χ3v) is 3.86. The summed E-state index contributed by atoms with van der Waals surface area (Å²) in [4.78, 5) is 12.4. The Morgan fingerprint density at radius 1 is 1.58 bits per heavy atom. The van der Waals surface area contributed by atoms with Gasteiger partial charge in [0.15, 0.2) is 0 Å². The number of halogens is 2. The summed E-state index contributed by atoms with van der Waals surface area (Å²) in [7, 11) is 0. The Morgan fingerprint density at radius 2 is 2.37 bits per heavy atom. The molecule has 1 heterocycles. The van der Waals surface area contributed by atoms with Crippen LogP contribution in [0.5, 0.6) is 0 Å². The van der Waals surface area contributed by atoms with Crippen LogP contribution >= 0.6 is 11.6 Å². The number of rotatable bonds is 4. The Hall–Kier alpha value is -1.13. The second-order valence-electron chi connectivity index (χ2n) is 4.94. The minimum absolute atomic E-state index is 0.126. The van der Waals surface area contributed by atoms with Gasteiger partial charge in [-0.2, -0.15) is 0 Å². The first-order valence-electron chi connectivity index (χ1n) is 6.59. The van der Waals surface area contributed by atoms with Crippen LogP contribution in [0.1, 0.15) is 32.6 Å². The number of carbonyl (C=O) groups is 1. The molecule has 1 fully saturated rings. The monoisotopic (exact) mass is 284 g/mol. The summed E-state index contributed by atoms with van der Waals surface area (Å²) >= 11 is 5.97. The van der Waals surface area contributed by atoms with Crippen molar-refractivity contribution in [2.24, 2.45) is 0 Å². The topological polar surface area (TPSA) is 41.1 Å². The maximum atomic E-state index is 13.2. The van der Waals surface area contributed by atoms with Crippen molar-refractivity contribution in [3.8, 4) is 0 Å². The predicted molar refractivity (Wildman–Crippen MR) is 74.9 cm³/mol. The van der Waals surface area contributed by atoms with Crippen molar-refractivity contribution in [1.29, 1.82) is 0 Å². The van der Waals surface area contributed by atoms with Crippen LogP contribution in [0, 0.1) is 5.82 Å². The van der Waals surface area contributed by atoms with Gasteiger partial charge in [0.05, 0.1) is 16.2 Å². The van der Waals surface area contributed by atoms with Crippen LogP contribution in [-0.2, 0) is 4.79 Å². The molecule has 19 heavy (non-hydrogen) atoms. The van der Waals surface area contributed by atoms with Crippen LogP contribution in [0.4, 0.5) is 10.1 Å². The lowest BCUT2D eigenvalue weighted by molar-refractivity contribution is -0.122. The Labute approximate surface area is 117 Å². The highest BCUT2D eigenvalue weighted by Gasteiger charge is 2.40. The van der Waals surface area contributed by atoms with Crippen LogP contribution in [0.2, 0.25) is 5.02 Å². The zero-order chi connectivity index (χ0) is 13.9. The smallest absolute Gasteiger partial charge is 0.244 e. The molecule has 0 aliphatic carbocycles. The number of anilines is 1. The lowest BCUT2D eigenvalue weighted by atomic mass is 9.91. The maximum Gasteiger partial charge on any atom is 0.244 e. The summed E-state index contributed by atoms with van der Waals surface area (Å²) in [6.07, 6.45) is 3.47. The zero-order valence-corrected chi connectivity index (χ0v) is 11.7. The molecule has 1 saturated heterocycles. The number of nitrogens with one attached hydrogen (secondary N) is 2. The van der Waals surface area contributed by atoms with Gasteiger partial charge in [0.25, 0.3) is 0 Å². The van der Waals surface area contributed by atoms with Gasteiger partial charge in [0.1, 0.15) is 5.82 Å². The summed E-state index contributed by atoms with van der Waals surface area (Å²) in [6.45, 7) is 2.88. The predicted octanol–water partition coefficient (Wildman–Crippen LogP) is 3.34. The first-order chi connectivity index (χ1) is 9.07. The van der Waals surface area contributed by atoms with E-state index in [1.54, 1.807) is 0 Å². The van der Waals surface area contributed by atoms with Gasteiger partial charge in [-0.05, 0) is 44.0 Å². The van der Waals surface area contributed by atoms with Gasteiger partial charge in [-0.25, -0.2) is 4.39 Å². The summed E-state index contributed by atoms with van der Waals surface area (Å²) < 4.78 is 13.2. The van der Waals surface area contributed by atoms with E-state index in [0.29, 0.717) is 10.7 Å². The summed E-state index contributed by atoms with van der Waals surface area (Å²) in [6, 6.07) is 3.96. The van der Waals surface area contributed by atoms with Gasteiger partial charge in [-0.15, -0.1) is 0 Å². The summed E-state index contributed by atoms with van der Waals surface area (Å²) in [5, 5.41) is 6.37. The molecule has 0 aromatic heterocycles. The number of carbonyl (C=O) groups excluding carboxylic acids is 1. The largest absolute Gasteiger partial charge is 0.323 e. The zero-order valence-electron chi connectivity index (χ0n) is 10.9. The van der Waals surface area contributed by atoms with E-state index in [4.69, 9.17) is 11.6 Å². The molecule has 1 aliphatic heterocycles. The fourth-order valence-electron chi connectivity index (χ4n) is 2.59. The van der Waals surface area contributed by atoms with Crippen LogP contribution in [0.25, 0.3) is 0 Å². The summed E-state index contributed by atoms with van der Waals surface area (Å²) in [5.41, 5.74) is -0.208. The highest BCUT2D eigenvalue weighted by molar-refractivity contribution is 6.33.